The smallest absolute Gasteiger partial charge is 0.242 e. The molecule has 0 aliphatic carbocycles. The van der Waals surface area contributed by atoms with E-state index in [9.17, 15) is 14.7 Å². The van der Waals surface area contributed by atoms with Crippen LogP contribution in [0.15, 0.2) is 10.5 Å². The molecule has 1 saturated heterocycles. The van der Waals surface area contributed by atoms with E-state index < -0.39 is 11.6 Å². The average Bonchev–Trinajstić information content (AvgIpc) is 2.91. The Morgan fingerprint density at radius 2 is 2.12 bits per heavy atom. The minimum absolute atomic E-state index is 0.00270. The number of carbonyl (C=O) groups is 2. The number of piperidine rings is 1. The van der Waals surface area contributed by atoms with E-state index in [0.717, 1.165) is 18.6 Å². The first-order valence-corrected chi connectivity index (χ1v) is 8.63. The second-order valence-corrected chi connectivity index (χ2v) is 6.77. The first kappa shape index (κ1) is 18.5. The third-order valence-electron chi connectivity index (χ3n) is 4.66. The summed E-state index contributed by atoms with van der Waals surface area (Å²) in [6.45, 7) is 7.78. The van der Waals surface area contributed by atoms with Crippen LogP contribution in [-0.4, -0.2) is 41.0 Å². The Balaban J connectivity index is 2.03. The molecule has 1 aliphatic rings. The van der Waals surface area contributed by atoms with E-state index in [1.165, 1.54) is 0 Å². The van der Waals surface area contributed by atoms with Crippen molar-refractivity contribution >= 4 is 11.8 Å². The molecule has 2 atom stereocenters. The van der Waals surface area contributed by atoms with Crippen LogP contribution in [0.5, 0.6) is 0 Å². The number of aliphatic hydroxyl groups is 1. The van der Waals surface area contributed by atoms with Gasteiger partial charge in [-0.15, -0.1) is 0 Å². The Bertz CT molecular complexity index is 606. The molecule has 0 radical (unpaired) electrons. The van der Waals surface area contributed by atoms with Gasteiger partial charge in [-0.05, 0) is 46.1 Å². The van der Waals surface area contributed by atoms with Crippen LogP contribution >= 0.6 is 0 Å². The summed E-state index contributed by atoms with van der Waals surface area (Å²) in [6.07, 6.45) is 2.93. The van der Waals surface area contributed by atoms with Gasteiger partial charge in [-0.25, -0.2) is 0 Å². The van der Waals surface area contributed by atoms with Crippen molar-refractivity contribution in [2.24, 2.45) is 0 Å². The molecule has 2 rings (SSSR count). The van der Waals surface area contributed by atoms with Crippen LogP contribution in [0.25, 0.3) is 0 Å². The molecule has 1 aromatic heterocycles. The van der Waals surface area contributed by atoms with Crippen LogP contribution in [0.2, 0.25) is 0 Å². The molecule has 2 unspecified atom stereocenters. The SMILES string of the molecule is CCC(=O)N1CCCCC1C(=O)NCC(C)(O)c1cc(C)oc1C. The third-order valence-corrected chi connectivity index (χ3v) is 4.66. The maximum Gasteiger partial charge on any atom is 0.242 e. The maximum absolute atomic E-state index is 12.6. The van der Waals surface area contributed by atoms with Crippen molar-refractivity contribution in [2.75, 3.05) is 13.1 Å². The van der Waals surface area contributed by atoms with E-state index in [0.29, 0.717) is 30.7 Å². The van der Waals surface area contributed by atoms with Crippen LogP contribution in [-0.2, 0) is 15.2 Å². The van der Waals surface area contributed by atoms with Gasteiger partial charge in [-0.2, -0.15) is 0 Å². The van der Waals surface area contributed by atoms with Crippen molar-refractivity contribution < 1.29 is 19.1 Å². The normalized spacial score (nSPS) is 20.5. The molecule has 2 heterocycles. The molecule has 24 heavy (non-hydrogen) atoms. The standard InChI is InChI=1S/C18H28N2O4/c1-5-16(21)20-9-7-6-8-15(20)17(22)19-11-18(4,23)14-10-12(2)24-13(14)3/h10,15,23H,5-9,11H2,1-4H3,(H,19,22). The molecule has 6 heteroatoms. The number of hydrogen-bond acceptors (Lipinski definition) is 4. The Morgan fingerprint density at radius 3 is 2.71 bits per heavy atom. The van der Waals surface area contributed by atoms with Gasteiger partial charge in [0.2, 0.25) is 11.8 Å². The number of carbonyl (C=O) groups excluding carboxylic acids is 2. The van der Waals surface area contributed by atoms with Gasteiger partial charge in [0, 0.05) is 18.5 Å². The number of likely N-dealkylation sites (tertiary alicyclic amines) is 1. The Morgan fingerprint density at radius 1 is 1.42 bits per heavy atom. The molecule has 1 fully saturated rings. The van der Waals surface area contributed by atoms with Gasteiger partial charge in [0.15, 0.2) is 0 Å². The van der Waals surface area contributed by atoms with E-state index >= 15 is 0 Å². The van der Waals surface area contributed by atoms with Crippen LogP contribution in [0.1, 0.15) is 56.6 Å². The molecule has 134 valence electrons. The molecule has 0 spiro atoms. The Kier molecular flexibility index (Phi) is 5.70. The molecular formula is C18H28N2O4. The minimum Gasteiger partial charge on any atom is -0.466 e. The number of nitrogens with zero attached hydrogens (tertiary/aromatic N) is 1. The summed E-state index contributed by atoms with van der Waals surface area (Å²) in [7, 11) is 0. The number of furan rings is 1. The van der Waals surface area contributed by atoms with Crippen molar-refractivity contribution in [1.29, 1.82) is 0 Å². The number of amides is 2. The molecule has 2 N–H and O–H groups in total. The van der Waals surface area contributed by atoms with E-state index in [1.807, 2.05) is 6.92 Å². The fourth-order valence-corrected chi connectivity index (χ4v) is 3.34. The first-order valence-electron chi connectivity index (χ1n) is 8.63. The van der Waals surface area contributed by atoms with Gasteiger partial charge in [0.05, 0.1) is 6.54 Å². The van der Waals surface area contributed by atoms with Gasteiger partial charge in [-0.1, -0.05) is 6.92 Å². The fraction of sp³-hybridized carbons (Fsp3) is 0.667. The zero-order valence-corrected chi connectivity index (χ0v) is 15.0. The summed E-state index contributed by atoms with van der Waals surface area (Å²) in [4.78, 5) is 26.3. The van der Waals surface area contributed by atoms with Crippen molar-refractivity contribution in [2.45, 2.75) is 65.0 Å². The molecule has 0 aromatic carbocycles. The van der Waals surface area contributed by atoms with Crippen LogP contribution in [0.3, 0.4) is 0 Å². The van der Waals surface area contributed by atoms with Gasteiger partial charge in [-0.3, -0.25) is 9.59 Å². The van der Waals surface area contributed by atoms with Crippen molar-refractivity contribution in [1.82, 2.24) is 10.2 Å². The third kappa shape index (κ3) is 3.98. The van der Waals surface area contributed by atoms with Gasteiger partial charge < -0.3 is 19.7 Å². The summed E-state index contributed by atoms with van der Waals surface area (Å²) >= 11 is 0. The second-order valence-electron chi connectivity index (χ2n) is 6.77. The molecular weight excluding hydrogens is 308 g/mol. The number of rotatable bonds is 5. The molecule has 1 aliphatic heterocycles. The van der Waals surface area contributed by atoms with E-state index in [1.54, 1.807) is 31.7 Å². The van der Waals surface area contributed by atoms with Crippen LogP contribution in [0.4, 0.5) is 0 Å². The molecule has 0 saturated carbocycles. The lowest BCUT2D eigenvalue weighted by molar-refractivity contribution is -0.142. The highest BCUT2D eigenvalue weighted by Crippen LogP contribution is 2.26. The number of hydrogen-bond donors (Lipinski definition) is 2. The Labute approximate surface area is 143 Å². The zero-order valence-electron chi connectivity index (χ0n) is 15.0. The largest absolute Gasteiger partial charge is 0.466 e. The molecule has 2 amide bonds. The van der Waals surface area contributed by atoms with Crippen molar-refractivity contribution in [3.63, 3.8) is 0 Å². The predicted molar refractivity (Wildman–Crippen MR) is 90.4 cm³/mol. The van der Waals surface area contributed by atoms with E-state index in [4.69, 9.17) is 4.42 Å². The summed E-state index contributed by atoms with van der Waals surface area (Å²) in [5.41, 5.74) is -0.545. The fourth-order valence-electron chi connectivity index (χ4n) is 3.34. The lowest BCUT2D eigenvalue weighted by Crippen LogP contribution is -2.53. The zero-order chi connectivity index (χ0) is 17.9. The van der Waals surface area contributed by atoms with Gasteiger partial charge in [0.25, 0.3) is 0 Å². The average molecular weight is 336 g/mol. The molecule has 6 nitrogen and oxygen atoms in total. The summed E-state index contributed by atoms with van der Waals surface area (Å²) in [6, 6.07) is 1.35. The van der Waals surface area contributed by atoms with Crippen molar-refractivity contribution in [3.05, 3.63) is 23.2 Å². The lowest BCUT2D eigenvalue weighted by atomic mass is 9.95. The highest BCUT2D eigenvalue weighted by Gasteiger charge is 2.33. The van der Waals surface area contributed by atoms with Crippen LogP contribution in [0, 0.1) is 13.8 Å². The van der Waals surface area contributed by atoms with Gasteiger partial charge >= 0.3 is 0 Å². The predicted octanol–water partition coefficient (Wildman–Crippen LogP) is 2.01. The second kappa shape index (κ2) is 7.38. The quantitative estimate of drug-likeness (QED) is 0.862. The summed E-state index contributed by atoms with van der Waals surface area (Å²) in [5.74, 6) is 1.17. The highest BCUT2D eigenvalue weighted by atomic mass is 16.3. The summed E-state index contributed by atoms with van der Waals surface area (Å²) in [5, 5.41) is 13.5. The maximum atomic E-state index is 12.6. The number of nitrogens with one attached hydrogen (secondary N) is 1. The Hall–Kier alpha value is -1.82. The van der Waals surface area contributed by atoms with Crippen molar-refractivity contribution in [3.8, 4) is 0 Å². The monoisotopic (exact) mass is 336 g/mol. The van der Waals surface area contributed by atoms with Crippen LogP contribution < -0.4 is 5.32 Å². The summed E-state index contributed by atoms with van der Waals surface area (Å²) < 4.78 is 5.46. The molecule has 1 aromatic rings. The van der Waals surface area contributed by atoms with E-state index in [2.05, 4.69) is 5.32 Å². The van der Waals surface area contributed by atoms with Gasteiger partial charge in [0.1, 0.15) is 23.2 Å². The number of aryl methyl sites for hydroxylation is 2. The van der Waals surface area contributed by atoms with E-state index in [-0.39, 0.29) is 18.4 Å². The first-order chi connectivity index (χ1) is 11.3. The lowest BCUT2D eigenvalue weighted by Gasteiger charge is -2.35. The minimum atomic E-state index is -1.22. The highest BCUT2D eigenvalue weighted by molar-refractivity contribution is 5.87. The topological polar surface area (TPSA) is 82.8 Å². The molecule has 0 bridgehead atoms.